The maximum Gasteiger partial charge on any atom is 0.325 e. The van der Waals surface area contributed by atoms with Crippen molar-refractivity contribution in [2.75, 3.05) is 6.16 Å². The molecule has 10 heavy (non-hydrogen) atoms. The van der Waals surface area contributed by atoms with Gasteiger partial charge >= 0.3 is 7.60 Å². The zero-order valence-corrected chi connectivity index (χ0v) is 7.40. The van der Waals surface area contributed by atoms with E-state index >= 15 is 0 Å². The highest BCUT2D eigenvalue weighted by Gasteiger charge is 2.10. The Labute approximate surface area is 68.8 Å². The molecule has 0 aliphatic carbocycles. The normalized spacial score (nSPS) is 11.2. The van der Waals surface area contributed by atoms with Crippen LogP contribution in [0.3, 0.4) is 0 Å². The summed E-state index contributed by atoms with van der Waals surface area (Å²) in [6, 6.07) is 0. The SMILES string of the molecule is O=P(O)(O)CCC=C(Cl)Cl. The van der Waals surface area contributed by atoms with Crippen molar-refractivity contribution in [1.82, 2.24) is 0 Å². The Balaban J connectivity index is 3.58. The third kappa shape index (κ3) is 8.47. The molecule has 0 saturated carbocycles. The minimum Gasteiger partial charge on any atom is -0.324 e. The van der Waals surface area contributed by atoms with E-state index in [4.69, 9.17) is 33.0 Å². The molecule has 0 unspecified atom stereocenters. The molecular weight excluding hydrogens is 198 g/mol. The molecule has 0 aromatic heterocycles. The fourth-order valence-electron chi connectivity index (χ4n) is 0.342. The second kappa shape index (κ2) is 4.37. The van der Waals surface area contributed by atoms with Crippen molar-refractivity contribution in [2.24, 2.45) is 0 Å². The Morgan fingerprint density at radius 1 is 1.50 bits per heavy atom. The zero-order valence-electron chi connectivity index (χ0n) is 5.00. The molecule has 6 heteroatoms. The second-order valence-electron chi connectivity index (χ2n) is 1.67. The van der Waals surface area contributed by atoms with Crippen LogP contribution in [0, 0.1) is 0 Å². The van der Waals surface area contributed by atoms with Gasteiger partial charge in [0.2, 0.25) is 0 Å². The van der Waals surface area contributed by atoms with Crippen molar-refractivity contribution < 1.29 is 14.4 Å². The summed E-state index contributed by atoms with van der Waals surface area (Å²) in [4.78, 5) is 16.7. The van der Waals surface area contributed by atoms with Crippen LogP contribution in [0.5, 0.6) is 0 Å². The van der Waals surface area contributed by atoms with Crippen molar-refractivity contribution in [3.05, 3.63) is 10.6 Å². The van der Waals surface area contributed by atoms with Gasteiger partial charge in [0.1, 0.15) is 4.49 Å². The van der Waals surface area contributed by atoms with Crippen LogP contribution in [-0.4, -0.2) is 15.9 Å². The molecule has 0 atom stereocenters. The predicted octanol–water partition coefficient (Wildman–Crippen LogP) is 1.87. The van der Waals surface area contributed by atoms with E-state index in [-0.39, 0.29) is 17.1 Å². The van der Waals surface area contributed by atoms with E-state index in [2.05, 4.69) is 0 Å². The summed E-state index contributed by atoms with van der Waals surface area (Å²) in [6.45, 7) is 0. The van der Waals surface area contributed by atoms with Gasteiger partial charge in [-0.3, -0.25) is 4.57 Å². The van der Waals surface area contributed by atoms with Crippen LogP contribution < -0.4 is 0 Å². The summed E-state index contributed by atoms with van der Waals surface area (Å²) >= 11 is 10.4. The lowest BCUT2D eigenvalue weighted by Gasteiger charge is -1.98. The number of allylic oxidation sites excluding steroid dienone is 1. The van der Waals surface area contributed by atoms with Gasteiger partial charge in [0, 0.05) is 0 Å². The molecule has 0 heterocycles. The molecule has 0 amide bonds. The van der Waals surface area contributed by atoms with Crippen LogP contribution >= 0.6 is 30.8 Å². The molecule has 0 saturated heterocycles. The van der Waals surface area contributed by atoms with Gasteiger partial charge in [0.15, 0.2) is 0 Å². The topological polar surface area (TPSA) is 57.5 Å². The molecule has 0 fully saturated rings. The summed E-state index contributed by atoms with van der Waals surface area (Å²) in [6.07, 6.45) is 1.34. The first-order valence-corrected chi connectivity index (χ1v) is 5.03. The maximum absolute atomic E-state index is 10.2. The quantitative estimate of drug-likeness (QED) is 0.691. The van der Waals surface area contributed by atoms with E-state index in [1.165, 1.54) is 6.08 Å². The number of hydrogen-bond acceptors (Lipinski definition) is 1. The molecule has 0 aromatic carbocycles. The van der Waals surface area contributed by atoms with E-state index in [9.17, 15) is 4.57 Å². The Morgan fingerprint density at radius 3 is 2.30 bits per heavy atom. The number of rotatable bonds is 3. The van der Waals surface area contributed by atoms with Crippen LogP contribution in [0.25, 0.3) is 0 Å². The van der Waals surface area contributed by atoms with Gasteiger partial charge in [0.25, 0.3) is 0 Å². The van der Waals surface area contributed by atoms with E-state index < -0.39 is 7.60 Å². The molecule has 0 aliphatic rings. The Bertz CT molecular complexity index is 169. The van der Waals surface area contributed by atoms with E-state index in [0.29, 0.717) is 0 Å². The van der Waals surface area contributed by atoms with Gasteiger partial charge in [-0.15, -0.1) is 0 Å². The third-order valence-corrected chi connectivity index (χ3v) is 1.87. The van der Waals surface area contributed by atoms with Crippen molar-refractivity contribution in [3.8, 4) is 0 Å². The molecule has 0 spiro atoms. The monoisotopic (exact) mass is 204 g/mol. The minimum atomic E-state index is -3.88. The predicted molar refractivity (Wildman–Crippen MR) is 41.3 cm³/mol. The van der Waals surface area contributed by atoms with Crippen LogP contribution in [0.15, 0.2) is 10.6 Å². The van der Waals surface area contributed by atoms with Gasteiger partial charge in [-0.25, -0.2) is 0 Å². The zero-order chi connectivity index (χ0) is 8.20. The van der Waals surface area contributed by atoms with Crippen molar-refractivity contribution in [2.45, 2.75) is 6.42 Å². The van der Waals surface area contributed by atoms with Crippen LogP contribution in [0.2, 0.25) is 0 Å². The lowest BCUT2D eigenvalue weighted by molar-refractivity contribution is 0.373. The van der Waals surface area contributed by atoms with E-state index in [1.54, 1.807) is 0 Å². The summed E-state index contributed by atoms with van der Waals surface area (Å²) in [5.74, 6) is 0. The highest BCUT2D eigenvalue weighted by molar-refractivity contribution is 7.51. The van der Waals surface area contributed by atoms with Crippen LogP contribution in [-0.2, 0) is 4.57 Å². The van der Waals surface area contributed by atoms with Gasteiger partial charge < -0.3 is 9.79 Å². The summed E-state index contributed by atoms with van der Waals surface area (Å²) in [5, 5.41) is 0. The maximum atomic E-state index is 10.2. The van der Waals surface area contributed by atoms with Crippen molar-refractivity contribution in [1.29, 1.82) is 0 Å². The summed E-state index contributed by atoms with van der Waals surface area (Å²) < 4.78 is 10.2. The first kappa shape index (κ1) is 10.5. The Hall–Kier alpha value is 0.470. The average molecular weight is 205 g/mol. The van der Waals surface area contributed by atoms with Gasteiger partial charge in [0.05, 0.1) is 6.16 Å². The first-order valence-electron chi connectivity index (χ1n) is 2.47. The lowest BCUT2D eigenvalue weighted by Crippen LogP contribution is -1.84. The van der Waals surface area contributed by atoms with Crippen molar-refractivity contribution >= 4 is 30.8 Å². The van der Waals surface area contributed by atoms with Crippen molar-refractivity contribution in [3.63, 3.8) is 0 Å². The highest BCUT2D eigenvalue weighted by atomic mass is 35.5. The van der Waals surface area contributed by atoms with Crippen LogP contribution in [0.4, 0.5) is 0 Å². The van der Waals surface area contributed by atoms with Crippen LogP contribution in [0.1, 0.15) is 6.42 Å². The summed E-state index contributed by atoms with van der Waals surface area (Å²) in [5.41, 5.74) is 0. The third-order valence-electron chi connectivity index (χ3n) is 0.719. The summed E-state index contributed by atoms with van der Waals surface area (Å²) in [7, 11) is -3.88. The molecular formula is C4H7Cl2O3P. The molecule has 2 N–H and O–H groups in total. The molecule has 60 valence electrons. The molecule has 3 nitrogen and oxygen atoms in total. The van der Waals surface area contributed by atoms with Gasteiger partial charge in [-0.2, -0.15) is 0 Å². The lowest BCUT2D eigenvalue weighted by atomic mass is 10.5. The smallest absolute Gasteiger partial charge is 0.324 e. The standard InChI is InChI=1S/C4H7Cl2O3P/c5-4(6)2-1-3-10(7,8)9/h2H,1,3H2,(H2,7,8,9). The second-order valence-corrected chi connectivity index (χ2v) is 4.46. The van der Waals surface area contributed by atoms with Gasteiger partial charge in [-0.1, -0.05) is 29.3 Å². The van der Waals surface area contributed by atoms with E-state index in [0.717, 1.165) is 0 Å². The first-order chi connectivity index (χ1) is 4.42. The molecule has 0 rings (SSSR count). The fraction of sp³-hybridized carbons (Fsp3) is 0.500. The largest absolute Gasteiger partial charge is 0.325 e. The molecule has 0 radical (unpaired) electrons. The highest BCUT2D eigenvalue weighted by Crippen LogP contribution is 2.35. The van der Waals surface area contributed by atoms with E-state index in [1.807, 2.05) is 0 Å². The molecule has 0 bridgehead atoms. The average Bonchev–Trinajstić information content (AvgIpc) is 1.59. The Morgan fingerprint density at radius 2 is 2.00 bits per heavy atom. The van der Waals surface area contributed by atoms with Gasteiger partial charge in [-0.05, 0) is 6.42 Å². The number of halogens is 2. The minimum absolute atomic E-state index is 0.0356. The number of hydrogen-bond donors (Lipinski definition) is 2. The Kier molecular flexibility index (Phi) is 4.57. The molecule has 0 aromatic rings. The molecule has 0 aliphatic heterocycles. The fourth-order valence-corrected chi connectivity index (χ4v) is 1.03.